The fourth-order valence-corrected chi connectivity index (χ4v) is 15.9. The number of fused-ring (bicyclic) bond motifs is 6. The van der Waals surface area contributed by atoms with E-state index in [0.29, 0.717) is 16.9 Å². The third-order valence-electron chi connectivity index (χ3n) is 15.5. The summed E-state index contributed by atoms with van der Waals surface area (Å²) in [5, 5.41) is 2.44. The lowest BCUT2D eigenvalue weighted by Gasteiger charge is -2.66. The quantitative estimate of drug-likeness (QED) is 0.282. The second-order valence-electron chi connectivity index (χ2n) is 18.6. The average molecular weight is 547 g/mol. The van der Waals surface area contributed by atoms with Crippen LogP contribution < -0.4 is 0 Å². The normalized spacial score (nSPS) is 55.0. The Morgan fingerprint density at radius 1 is 0.744 bits per heavy atom. The van der Waals surface area contributed by atoms with E-state index in [9.17, 15) is 0 Å². The maximum absolute atomic E-state index is 5.84. The molecule has 0 aromatic carbocycles. The molecule has 15 unspecified atom stereocenters. The number of hydrogen-bond acceptors (Lipinski definition) is 3. The van der Waals surface area contributed by atoms with Crippen molar-refractivity contribution in [2.45, 2.75) is 153 Å². The van der Waals surface area contributed by atoms with Crippen molar-refractivity contribution in [2.75, 3.05) is 0 Å². The van der Waals surface area contributed by atoms with Gasteiger partial charge in [-0.05, 0) is 102 Å². The van der Waals surface area contributed by atoms with Crippen molar-refractivity contribution >= 4 is 23.6 Å². The van der Waals surface area contributed by atoms with E-state index in [1.54, 1.807) is 37.3 Å². The predicted molar refractivity (Wildman–Crippen MR) is 167 cm³/mol. The van der Waals surface area contributed by atoms with Gasteiger partial charge in [0, 0.05) is 11.3 Å². The molecule has 0 aromatic heterocycles. The van der Waals surface area contributed by atoms with Gasteiger partial charge < -0.3 is 4.90 Å². The number of aliphatic imine (C=N–C) groups is 1. The zero-order valence-corrected chi connectivity index (χ0v) is 26.6. The summed E-state index contributed by atoms with van der Waals surface area (Å²) in [5.41, 5.74) is 0.857. The number of hydrogen-bond donors (Lipinski definition) is 0. The topological polar surface area (TPSA) is 15.6 Å². The summed E-state index contributed by atoms with van der Waals surface area (Å²) in [6.07, 6.45) is 16.9. The molecular formula is C35H55BN2S. The van der Waals surface area contributed by atoms with E-state index in [2.05, 4.69) is 58.2 Å². The Labute approximate surface area is 244 Å². The van der Waals surface area contributed by atoms with Crippen LogP contribution in [0.4, 0.5) is 0 Å². The molecule has 8 fully saturated rings. The maximum atomic E-state index is 5.84. The smallest absolute Gasteiger partial charge is 0.160 e. The first-order chi connectivity index (χ1) is 18.6. The molecule has 0 spiro atoms. The van der Waals surface area contributed by atoms with Gasteiger partial charge in [-0.25, -0.2) is 0 Å². The molecule has 15 atom stereocenters. The number of rotatable bonds is 0. The monoisotopic (exact) mass is 546 g/mol. The highest BCUT2D eigenvalue weighted by atomic mass is 32.2. The van der Waals surface area contributed by atoms with Crippen LogP contribution in [0, 0.1) is 58.2 Å². The molecule has 5 saturated carbocycles. The second-order valence-corrected chi connectivity index (χ2v) is 19.8. The van der Waals surface area contributed by atoms with E-state index in [1.807, 2.05) is 0 Å². The van der Waals surface area contributed by atoms with Crippen molar-refractivity contribution in [1.29, 1.82) is 0 Å². The molecule has 2 nitrogen and oxygen atoms in total. The van der Waals surface area contributed by atoms with Gasteiger partial charge in [-0.3, -0.25) is 4.99 Å². The van der Waals surface area contributed by atoms with Crippen LogP contribution in [0.2, 0.25) is 17.5 Å². The van der Waals surface area contributed by atoms with Crippen LogP contribution in [0.1, 0.15) is 112 Å². The number of nitrogens with zero attached hydrogens (tertiary/aromatic N) is 2. The summed E-state index contributed by atoms with van der Waals surface area (Å²) in [7, 11) is 0. The summed E-state index contributed by atoms with van der Waals surface area (Å²) < 4.78 is 0. The lowest BCUT2D eigenvalue weighted by Crippen LogP contribution is -2.70. The molecule has 0 amide bonds. The van der Waals surface area contributed by atoms with Gasteiger partial charge in [0.2, 0.25) is 0 Å². The molecule has 0 N–H and O–H groups in total. The van der Waals surface area contributed by atoms with Gasteiger partial charge in [-0.2, -0.15) is 0 Å². The van der Waals surface area contributed by atoms with Crippen LogP contribution >= 0.6 is 11.8 Å². The molecule has 5 aliphatic carbocycles. The summed E-state index contributed by atoms with van der Waals surface area (Å²) in [5.74, 6) is 10.8. The molecule has 4 heteroatoms. The Morgan fingerprint density at radius 2 is 1.54 bits per heavy atom. The van der Waals surface area contributed by atoms with Crippen LogP contribution in [0.5, 0.6) is 0 Å². The van der Waals surface area contributed by atoms with E-state index in [1.165, 1.54) is 38.5 Å². The average Bonchev–Trinajstić information content (AvgIpc) is 3.43. The molecule has 0 aromatic rings. The highest BCUT2D eigenvalue weighted by molar-refractivity contribution is 8.14. The molecule has 3 saturated heterocycles. The third-order valence-corrected chi connectivity index (χ3v) is 16.8. The van der Waals surface area contributed by atoms with E-state index in [4.69, 9.17) is 4.99 Å². The highest BCUT2D eigenvalue weighted by Gasteiger charge is 2.73. The molecule has 0 bridgehead atoms. The number of thioether (sulfide) groups is 1. The molecular weight excluding hydrogens is 491 g/mol. The van der Waals surface area contributed by atoms with Crippen molar-refractivity contribution in [2.24, 2.45) is 63.2 Å². The van der Waals surface area contributed by atoms with Crippen LogP contribution in [-0.4, -0.2) is 40.2 Å². The van der Waals surface area contributed by atoms with Gasteiger partial charge >= 0.3 is 0 Å². The Hall–Kier alpha value is -0.115. The predicted octanol–water partition coefficient (Wildman–Crippen LogP) is 8.89. The zero-order valence-electron chi connectivity index (χ0n) is 25.8. The molecule has 0 radical (unpaired) electrons. The van der Waals surface area contributed by atoms with Crippen LogP contribution in [0.25, 0.3) is 0 Å². The van der Waals surface area contributed by atoms with E-state index >= 15 is 0 Å². The summed E-state index contributed by atoms with van der Waals surface area (Å²) in [4.78, 5) is 8.99. The Balaban J connectivity index is 1.18. The minimum absolute atomic E-state index is 0.373. The van der Waals surface area contributed by atoms with Crippen LogP contribution in [-0.2, 0) is 0 Å². The summed E-state index contributed by atoms with van der Waals surface area (Å²) in [6, 6.07) is 2.19. The van der Waals surface area contributed by atoms with Gasteiger partial charge in [-0.1, -0.05) is 97.6 Å². The van der Waals surface area contributed by atoms with Gasteiger partial charge in [0.15, 0.2) is 11.9 Å². The highest BCUT2D eigenvalue weighted by Crippen LogP contribution is 2.74. The van der Waals surface area contributed by atoms with Crippen molar-refractivity contribution in [1.82, 2.24) is 4.90 Å². The SMILES string of the molecule is CC(C)(C)C1CCC2B3C4CCC(C(C)(C)C)C5N=C6SC7CC8CCCCC8C8CC(C2C1)C3C(C78)N6C45. The van der Waals surface area contributed by atoms with Gasteiger partial charge in [-0.15, -0.1) is 0 Å². The standard InChI is InChI=1S/C35H55BN2S/c1-34(2,3)19-11-13-25-21(16-19)23-17-22-20-10-8-7-9-18(20)15-27-28(22)32-29(23)36(25)26-14-12-24(35(4,5)6)30-31(26)38(32)33(37-30)39-27/h18-32H,7-17H2,1-6H3. The van der Waals surface area contributed by atoms with Crippen molar-refractivity contribution < 1.29 is 0 Å². The van der Waals surface area contributed by atoms with Crippen LogP contribution in [0.3, 0.4) is 0 Å². The zero-order chi connectivity index (χ0) is 26.6. The minimum atomic E-state index is 0.373. The lowest BCUT2D eigenvalue weighted by atomic mass is 9.23. The van der Waals surface area contributed by atoms with Crippen molar-refractivity contribution in [3.63, 3.8) is 0 Å². The Bertz CT molecular complexity index is 1060. The Kier molecular flexibility index (Phi) is 5.39. The number of amidine groups is 1. The first kappa shape index (κ1) is 25.4. The molecule has 9 aliphatic rings. The minimum Gasteiger partial charge on any atom is -0.344 e. The van der Waals surface area contributed by atoms with E-state index in [-0.39, 0.29) is 0 Å². The lowest BCUT2D eigenvalue weighted by molar-refractivity contribution is -0.0540. The molecule has 214 valence electrons. The Morgan fingerprint density at radius 3 is 2.33 bits per heavy atom. The first-order valence-corrected chi connectivity index (χ1v) is 18.5. The van der Waals surface area contributed by atoms with E-state index in [0.717, 1.165) is 88.8 Å². The molecule has 39 heavy (non-hydrogen) atoms. The van der Waals surface area contributed by atoms with Gasteiger partial charge in [0.05, 0.1) is 12.1 Å². The second kappa shape index (κ2) is 8.28. The van der Waals surface area contributed by atoms with Crippen molar-refractivity contribution in [3.8, 4) is 0 Å². The van der Waals surface area contributed by atoms with E-state index < -0.39 is 0 Å². The first-order valence-electron chi connectivity index (χ1n) is 17.6. The van der Waals surface area contributed by atoms with Crippen molar-refractivity contribution in [3.05, 3.63) is 0 Å². The largest absolute Gasteiger partial charge is 0.344 e. The molecule has 4 heterocycles. The third kappa shape index (κ3) is 3.34. The summed E-state index contributed by atoms with van der Waals surface area (Å²) in [6.45, 7) is 16.3. The molecule has 4 aliphatic heterocycles. The fourth-order valence-electron chi connectivity index (χ4n) is 14.2. The van der Waals surface area contributed by atoms with Gasteiger partial charge in [0.25, 0.3) is 0 Å². The summed E-state index contributed by atoms with van der Waals surface area (Å²) >= 11 is 2.33. The molecule has 9 rings (SSSR count). The fraction of sp³-hybridized carbons (Fsp3) is 0.971. The maximum Gasteiger partial charge on any atom is 0.160 e. The van der Waals surface area contributed by atoms with Gasteiger partial charge in [0.1, 0.15) is 0 Å². The van der Waals surface area contributed by atoms with Crippen LogP contribution in [0.15, 0.2) is 4.99 Å².